The van der Waals surface area contributed by atoms with Crippen LogP contribution in [0.15, 0.2) is 67.0 Å². The van der Waals surface area contributed by atoms with Crippen molar-refractivity contribution in [3.05, 3.63) is 83.7 Å². The van der Waals surface area contributed by atoms with E-state index in [0.717, 1.165) is 36.4 Å². The summed E-state index contributed by atoms with van der Waals surface area (Å²) in [6, 6.07) is 18.4. The van der Waals surface area contributed by atoms with Crippen LogP contribution in [0, 0.1) is 0 Å². The van der Waals surface area contributed by atoms with E-state index in [4.69, 9.17) is 0 Å². The summed E-state index contributed by atoms with van der Waals surface area (Å²) in [6.45, 7) is 7.94. The average molecular weight is 391 g/mol. The minimum atomic E-state index is 0.0617. The Hall–Kier alpha value is -2.92. The van der Waals surface area contributed by atoms with Gasteiger partial charge in [-0.2, -0.15) is 5.10 Å². The van der Waals surface area contributed by atoms with E-state index in [1.165, 1.54) is 5.56 Å². The highest BCUT2D eigenvalue weighted by Gasteiger charge is 2.06. The molecule has 5 nitrogen and oxygen atoms in total. The number of nitrogens with one attached hydrogen (secondary N) is 1. The van der Waals surface area contributed by atoms with E-state index in [-0.39, 0.29) is 5.91 Å². The van der Waals surface area contributed by atoms with Crippen LogP contribution in [0.2, 0.25) is 0 Å². The summed E-state index contributed by atoms with van der Waals surface area (Å²) in [4.78, 5) is 14.7. The molecule has 2 aromatic carbocycles. The third-order valence-electron chi connectivity index (χ3n) is 5.08. The number of benzene rings is 2. The molecule has 5 heteroatoms. The molecule has 0 bridgehead atoms. The van der Waals surface area contributed by atoms with E-state index in [9.17, 15) is 4.79 Å². The molecule has 0 unspecified atom stereocenters. The second-order valence-electron chi connectivity index (χ2n) is 7.19. The van der Waals surface area contributed by atoms with E-state index >= 15 is 0 Å². The highest BCUT2D eigenvalue weighted by molar-refractivity contribution is 5.76. The predicted octanol–water partition coefficient (Wildman–Crippen LogP) is 3.96. The highest BCUT2D eigenvalue weighted by atomic mass is 16.1. The first-order chi connectivity index (χ1) is 14.2. The monoisotopic (exact) mass is 390 g/mol. The standard InChI is InChI=1S/C24H30N4O/c1-3-27(4-2)18-21-10-8-9-20(15-21)16-25-24(29)14-13-22-17-26-28(19-22)23-11-6-5-7-12-23/h5-12,15,17,19H,3-4,13-14,16,18H2,1-2H3,(H,25,29). The molecule has 1 amide bonds. The molecular weight excluding hydrogens is 360 g/mol. The lowest BCUT2D eigenvalue weighted by atomic mass is 10.1. The molecule has 0 fully saturated rings. The van der Waals surface area contributed by atoms with Crippen molar-refractivity contribution in [2.45, 2.75) is 39.8 Å². The van der Waals surface area contributed by atoms with Crippen LogP contribution in [0.3, 0.4) is 0 Å². The molecule has 0 atom stereocenters. The van der Waals surface area contributed by atoms with Gasteiger partial charge in [0.15, 0.2) is 0 Å². The summed E-state index contributed by atoms with van der Waals surface area (Å²) >= 11 is 0. The van der Waals surface area contributed by atoms with Crippen molar-refractivity contribution in [2.24, 2.45) is 0 Å². The lowest BCUT2D eigenvalue weighted by Crippen LogP contribution is -2.24. The lowest BCUT2D eigenvalue weighted by Gasteiger charge is -2.18. The third kappa shape index (κ3) is 6.29. The molecule has 0 aliphatic heterocycles. The topological polar surface area (TPSA) is 50.2 Å². The molecular formula is C24H30N4O. The maximum Gasteiger partial charge on any atom is 0.220 e. The summed E-state index contributed by atoms with van der Waals surface area (Å²) in [5, 5.41) is 7.42. The number of rotatable bonds is 10. The Kier molecular flexibility index (Phi) is 7.59. The van der Waals surface area contributed by atoms with Crippen LogP contribution in [0.4, 0.5) is 0 Å². The molecule has 1 N–H and O–H groups in total. The number of hydrogen-bond donors (Lipinski definition) is 1. The number of aromatic nitrogens is 2. The van der Waals surface area contributed by atoms with Crippen molar-refractivity contribution in [3.63, 3.8) is 0 Å². The minimum Gasteiger partial charge on any atom is -0.352 e. The fourth-order valence-corrected chi connectivity index (χ4v) is 3.30. The highest BCUT2D eigenvalue weighted by Crippen LogP contribution is 2.10. The Labute approximate surface area is 173 Å². The number of hydrogen-bond acceptors (Lipinski definition) is 3. The summed E-state index contributed by atoms with van der Waals surface area (Å²) in [6.07, 6.45) is 4.95. The number of carbonyl (C=O) groups is 1. The second-order valence-corrected chi connectivity index (χ2v) is 7.19. The van der Waals surface area contributed by atoms with Crippen LogP contribution in [0.25, 0.3) is 5.69 Å². The van der Waals surface area contributed by atoms with Gasteiger partial charge in [0.2, 0.25) is 5.91 Å². The van der Waals surface area contributed by atoms with Crippen LogP contribution < -0.4 is 5.32 Å². The van der Waals surface area contributed by atoms with E-state index in [1.807, 2.05) is 47.4 Å². The van der Waals surface area contributed by atoms with Crippen LogP contribution in [-0.2, 0) is 24.3 Å². The van der Waals surface area contributed by atoms with Crippen molar-refractivity contribution in [3.8, 4) is 5.69 Å². The Morgan fingerprint density at radius 2 is 1.76 bits per heavy atom. The van der Waals surface area contributed by atoms with Crippen LogP contribution in [0.1, 0.15) is 37.0 Å². The zero-order valence-corrected chi connectivity index (χ0v) is 17.3. The number of nitrogens with zero attached hydrogens (tertiary/aromatic N) is 3. The summed E-state index contributed by atoms with van der Waals surface area (Å²) in [5.41, 5.74) is 4.51. The number of carbonyl (C=O) groups excluding carboxylic acids is 1. The molecule has 3 aromatic rings. The fourth-order valence-electron chi connectivity index (χ4n) is 3.30. The molecule has 1 heterocycles. The molecule has 0 radical (unpaired) electrons. The minimum absolute atomic E-state index is 0.0617. The quantitative estimate of drug-likeness (QED) is 0.570. The van der Waals surface area contributed by atoms with E-state index in [2.05, 4.69) is 53.4 Å². The Balaban J connectivity index is 1.46. The van der Waals surface area contributed by atoms with Gasteiger partial charge in [-0.15, -0.1) is 0 Å². The summed E-state index contributed by atoms with van der Waals surface area (Å²) in [5.74, 6) is 0.0617. The molecule has 0 spiro atoms. The Morgan fingerprint density at radius 3 is 2.52 bits per heavy atom. The van der Waals surface area contributed by atoms with Gasteiger partial charge in [-0.25, -0.2) is 4.68 Å². The largest absolute Gasteiger partial charge is 0.352 e. The van der Waals surface area contributed by atoms with Crippen molar-refractivity contribution in [1.29, 1.82) is 0 Å². The molecule has 1 aromatic heterocycles. The maximum atomic E-state index is 12.3. The molecule has 3 rings (SSSR count). The van der Waals surface area contributed by atoms with Crippen molar-refractivity contribution >= 4 is 5.91 Å². The lowest BCUT2D eigenvalue weighted by molar-refractivity contribution is -0.121. The molecule has 152 valence electrons. The number of para-hydroxylation sites is 1. The van der Waals surface area contributed by atoms with Gasteiger partial charge in [-0.3, -0.25) is 9.69 Å². The molecule has 0 saturated carbocycles. The summed E-state index contributed by atoms with van der Waals surface area (Å²) in [7, 11) is 0. The normalized spacial score (nSPS) is 11.0. The summed E-state index contributed by atoms with van der Waals surface area (Å²) < 4.78 is 1.84. The first kappa shape index (κ1) is 20.8. The van der Waals surface area contributed by atoms with Crippen molar-refractivity contribution < 1.29 is 4.79 Å². The SMILES string of the molecule is CCN(CC)Cc1cccc(CNC(=O)CCc2cnn(-c3ccccc3)c2)c1. The first-order valence-electron chi connectivity index (χ1n) is 10.3. The van der Waals surface area contributed by atoms with Crippen LogP contribution >= 0.6 is 0 Å². The number of amides is 1. The van der Waals surface area contributed by atoms with E-state index < -0.39 is 0 Å². The Bertz CT molecular complexity index is 900. The van der Waals surface area contributed by atoms with Crippen LogP contribution in [-0.4, -0.2) is 33.7 Å². The van der Waals surface area contributed by atoms with E-state index in [1.54, 1.807) is 0 Å². The van der Waals surface area contributed by atoms with Gasteiger partial charge in [0, 0.05) is 25.7 Å². The van der Waals surface area contributed by atoms with Gasteiger partial charge in [0.25, 0.3) is 0 Å². The molecule has 0 aliphatic rings. The third-order valence-corrected chi connectivity index (χ3v) is 5.08. The van der Waals surface area contributed by atoms with Gasteiger partial charge < -0.3 is 5.32 Å². The smallest absolute Gasteiger partial charge is 0.220 e. The van der Waals surface area contributed by atoms with Gasteiger partial charge in [-0.1, -0.05) is 56.3 Å². The van der Waals surface area contributed by atoms with Crippen molar-refractivity contribution in [1.82, 2.24) is 20.0 Å². The zero-order valence-electron chi connectivity index (χ0n) is 17.3. The zero-order chi connectivity index (χ0) is 20.5. The molecule has 29 heavy (non-hydrogen) atoms. The van der Waals surface area contributed by atoms with Gasteiger partial charge in [0.05, 0.1) is 11.9 Å². The van der Waals surface area contributed by atoms with Gasteiger partial charge >= 0.3 is 0 Å². The first-order valence-corrected chi connectivity index (χ1v) is 10.3. The van der Waals surface area contributed by atoms with Gasteiger partial charge in [0.1, 0.15) is 0 Å². The second kappa shape index (κ2) is 10.6. The Morgan fingerprint density at radius 1 is 1.00 bits per heavy atom. The van der Waals surface area contributed by atoms with Crippen molar-refractivity contribution in [2.75, 3.05) is 13.1 Å². The molecule has 0 aliphatic carbocycles. The van der Waals surface area contributed by atoms with E-state index in [0.29, 0.717) is 19.4 Å². The van der Waals surface area contributed by atoms with Gasteiger partial charge in [-0.05, 0) is 48.3 Å². The maximum absolute atomic E-state index is 12.3. The predicted molar refractivity (Wildman–Crippen MR) is 117 cm³/mol. The number of aryl methyl sites for hydroxylation is 1. The molecule has 0 saturated heterocycles. The van der Waals surface area contributed by atoms with Crippen LogP contribution in [0.5, 0.6) is 0 Å². The fraction of sp³-hybridized carbons (Fsp3) is 0.333. The average Bonchev–Trinajstić information content (AvgIpc) is 3.24.